The summed E-state index contributed by atoms with van der Waals surface area (Å²) in [6.07, 6.45) is 7.33. The topological polar surface area (TPSA) is 71.2 Å². The number of piperidine rings is 1. The Morgan fingerprint density at radius 1 is 1.50 bits per heavy atom. The van der Waals surface area contributed by atoms with Gasteiger partial charge in [0, 0.05) is 42.7 Å². The second-order valence-corrected chi connectivity index (χ2v) is 7.74. The van der Waals surface area contributed by atoms with Gasteiger partial charge in [0.1, 0.15) is 0 Å². The smallest absolute Gasteiger partial charge is 0.355 e. The van der Waals surface area contributed by atoms with Gasteiger partial charge in [-0.25, -0.2) is 9.78 Å². The van der Waals surface area contributed by atoms with Gasteiger partial charge >= 0.3 is 5.97 Å². The van der Waals surface area contributed by atoms with E-state index in [1.54, 1.807) is 5.38 Å². The quantitative estimate of drug-likeness (QED) is 0.869. The number of likely N-dealkylation sites (tertiary alicyclic amines) is 1. The minimum atomic E-state index is -0.940. The number of rotatable bonds is 6. The van der Waals surface area contributed by atoms with E-state index < -0.39 is 5.97 Å². The molecule has 0 aromatic carbocycles. The largest absolute Gasteiger partial charge is 0.476 e. The lowest BCUT2D eigenvalue weighted by molar-refractivity contribution is 0.0691. The summed E-state index contributed by atoms with van der Waals surface area (Å²) in [4.78, 5) is 17.6. The molecule has 0 spiro atoms. The minimum Gasteiger partial charge on any atom is -0.476 e. The Morgan fingerprint density at radius 2 is 2.33 bits per heavy atom. The number of nitrogens with zero attached hydrogens (tertiary/aromatic N) is 4. The molecule has 2 aromatic rings. The molecule has 1 unspecified atom stereocenters. The molecule has 1 fully saturated rings. The molecule has 1 aliphatic heterocycles. The summed E-state index contributed by atoms with van der Waals surface area (Å²) in [6, 6.07) is 0.390. The molecule has 0 aliphatic carbocycles. The SMILES string of the molecule is CC(C)n1cc(CN2CCCC(Cc3nc(C(=O)O)cs3)C2)cn1. The molecule has 2 aromatic heterocycles. The van der Waals surface area contributed by atoms with Crippen LogP contribution in [0, 0.1) is 5.92 Å². The molecular formula is C17H24N4O2S. The van der Waals surface area contributed by atoms with E-state index in [0.29, 0.717) is 12.0 Å². The maximum Gasteiger partial charge on any atom is 0.355 e. The normalized spacial score (nSPS) is 19.0. The first-order chi connectivity index (χ1) is 11.5. The van der Waals surface area contributed by atoms with Gasteiger partial charge in [-0.2, -0.15) is 5.10 Å². The van der Waals surface area contributed by atoms with Crippen molar-refractivity contribution in [2.75, 3.05) is 13.1 Å². The molecule has 1 N–H and O–H groups in total. The first kappa shape index (κ1) is 17.1. The lowest BCUT2D eigenvalue weighted by Gasteiger charge is -2.32. The van der Waals surface area contributed by atoms with E-state index in [0.717, 1.165) is 31.1 Å². The van der Waals surface area contributed by atoms with E-state index >= 15 is 0 Å². The van der Waals surface area contributed by atoms with Gasteiger partial charge < -0.3 is 5.11 Å². The summed E-state index contributed by atoms with van der Waals surface area (Å²) < 4.78 is 2.00. The number of aromatic nitrogens is 3. The van der Waals surface area contributed by atoms with Gasteiger partial charge in [-0.3, -0.25) is 9.58 Å². The molecule has 3 rings (SSSR count). The standard InChI is InChI=1S/C17H24N4O2S/c1-12(2)21-10-14(7-18-21)9-20-5-3-4-13(8-20)6-16-19-15(11-24-16)17(22)23/h7,10-13H,3-6,8-9H2,1-2H3,(H,22,23). The second-order valence-electron chi connectivity index (χ2n) is 6.80. The van der Waals surface area contributed by atoms with Gasteiger partial charge in [0.05, 0.1) is 11.2 Å². The number of thiazole rings is 1. The van der Waals surface area contributed by atoms with Crippen LogP contribution in [0.3, 0.4) is 0 Å². The van der Waals surface area contributed by atoms with Gasteiger partial charge in [0.2, 0.25) is 0 Å². The first-order valence-corrected chi connectivity index (χ1v) is 9.32. The Bertz CT molecular complexity index is 694. The zero-order valence-corrected chi connectivity index (χ0v) is 15.0. The summed E-state index contributed by atoms with van der Waals surface area (Å²) >= 11 is 1.46. The van der Waals surface area contributed by atoms with E-state index in [9.17, 15) is 4.79 Å². The van der Waals surface area contributed by atoms with Crippen molar-refractivity contribution >= 4 is 17.3 Å². The number of carboxylic acid groups (broad SMARTS) is 1. The van der Waals surface area contributed by atoms with Crippen LogP contribution in [0.2, 0.25) is 0 Å². The van der Waals surface area contributed by atoms with E-state index in [1.165, 1.54) is 29.7 Å². The second kappa shape index (κ2) is 7.44. The average Bonchev–Trinajstić information content (AvgIpc) is 3.17. The van der Waals surface area contributed by atoms with Crippen molar-refractivity contribution in [2.24, 2.45) is 5.92 Å². The number of aromatic carboxylic acids is 1. The van der Waals surface area contributed by atoms with Crippen molar-refractivity contribution in [1.29, 1.82) is 0 Å². The highest BCUT2D eigenvalue weighted by atomic mass is 32.1. The molecule has 0 bridgehead atoms. The fourth-order valence-corrected chi connectivity index (χ4v) is 4.10. The van der Waals surface area contributed by atoms with E-state index in [-0.39, 0.29) is 5.69 Å². The third-order valence-electron chi connectivity index (χ3n) is 4.43. The van der Waals surface area contributed by atoms with E-state index in [2.05, 4.69) is 35.0 Å². The van der Waals surface area contributed by atoms with Crippen molar-refractivity contribution in [3.05, 3.63) is 34.0 Å². The lowest BCUT2D eigenvalue weighted by Crippen LogP contribution is -2.35. The average molecular weight is 348 g/mol. The van der Waals surface area contributed by atoms with Crippen molar-refractivity contribution in [2.45, 2.75) is 45.7 Å². The molecule has 1 saturated heterocycles. The summed E-state index contributed by atoms with van der Waals surface area (Å²) in [7, 11) is 0. The molecule has 1 atom stereocenters. The Balaban J connectivity index is 1.56. The zero-order chi connectivity index (χ0) is 17.1. The van der Waals surface area contributed by atoms with Crippen molar-refractivity contribution in [3.8, 4) is 0 Å². The predicted molar refractivity (Wildman–Crippen MR) is 93.4 cm³/mol. The Hall–Kier alpha value is -1.73. The lowest BCUT2D eigenvalue weighted by atomic mass is 9.95. The molecule has 3 heterocycles. The highest BCUT2D eigenvalue weighted by Crippen LogP contribution is 2.24. The van der Waals surface area contributed by atoms with Crippen LogP contribution in [-0.2, 0) is 13.0 Å². The van der Waals surface area contributed by atoms with Crippen LogP contribution in [0.15, 0.2) is 17.8 Å². The monoisotopic (exact) mass is 348 g/mol. The fraction of sp³-hybridized carbons (Fsp3) is 0.588. The van der Waals surface area contributed by atoms with Gasteiger partial charge in [0.15, 0.2) is 5.69 Å². The highest BCUT2D eigenvalue weighted by molar-refractivity contribution is 7.09. The van der Waals surface area contributed by atoms with Gasteiger partial charge in [-0.1, -0.05) is 0 Å². The molecule has 130 valence electrons. The number of carboxylic acids is 1. The molecule has 0 radical (unpaired) electrons. The van der Waals surface area contributed by atoms with Crippen LogP contribution >= 0.6 is 11.3 Å². The van der Waals surface area contributed by atoms with Gasteiger partial charge in [-0.15, -0.1) is 11.3 Å². The summed E-state index contributed by atoms with van der Waals surface area (Å²) in [5.74, 6) is -0.392. The molecular weight excluding hydrogens is 324 g/mol. The van der Waals surface area contributed by atoms with Crippen molar-refractivity contribution in [3.63, 3.8) is 0 Å². The fourth-order valence-electron chi connectivity index (χ4n) is 3.21. The number of hydrogen-bond acceptors (Lipinski definition) is 5. The molecule has 1 aliphatic rings. The maximum absolute atomic E-state index is 10.9. The first-order valence-electron chi connectivity index (χ1n) is 8.44. The molecule has 0 amide bonds. The Morgan fingerprint density at radius 3 is 3.00 bits per heavy atom. The Kier molecular flexibility index (Phi) is 5.30. The summed E-state index contributed by atoms with van der Waals surface area (Å²) in [5, 5.41) is 16.0. The molecule has 7 heteroatoms. The van der Waals surface area contributed by atoms with Crippen LogP contribution in [0.4, 0.5) is 0 Å². The number of hydrogen-bond donors (Lipinski definition) is 1. The molecule has 24 heavy (non-hydrogen) atoms. The van der Waals surface area contributed by atoms with Crippen LogP contribution < -0.4 is 0 Å². The van der Waals surface area contributed by atoms with Crippen LogP contribution in [0.1, 0.15) is 53.8 Å². The third-order valence-corrected chi connectivity index (χ3v) is 5.30. The van der Waals surface area contributed by atoms with Crippen LogP contribution in [-0.4, -0.2) is 43.8 Å². The summed E-state index contributed by atoms with van der Waals surface area (Å²) in [5.41, 5.74) is 1.43. The van der Waals surface area contributed by atoms with Crippen LogP contribution in [0.25, 0.3) is 0 Å². The molecule has 6 nitrogen and oxygen atoms in total. The van der Waals surface area contributed by atoms with Crippen molar-refractivity contribution in [1.82, 2.24) is 19.7 Å². The maximum atomic E-state index is 10.9. The van der Waals surface area contributed by atoms with E-state index in [4.69, 9.17) is 5.11 Å². The van der Waals surface area contributed by atoms with E-state index in [1.807, 2.05) is 10.9 Å². The third kappa shape index (κ3) is 4.21. The minimum absolute atomic E-state index is 0.170. The van der Waals surface area contributed by atoms with Gasteiger partial charge in [-0.05, 0) is 39.2 Å². The molecule has 0 saturated carbocycles. The van der Waals surface area contributed by atoms with Gasteiger partial charge in [0.25, 0.3) is 0 Å². The highest BCUT2D eigenvalue weighted by Gasteiger charge is 2.22. The zero-order valence-electron chi connectivity index (χ0n) is 14.2. The predicted octanol–water partition coefficient (Wildman–Crippen LogP) is 3.07. The summed E-state index contributed by atoms with van der Waals surface area (Å²) in [6.45, 7) is 7.35. The number of carbonyl (C=O) groups is 1. The Labute approximate surface area is 146 Å². The van der Waals surface area contributed by atoms with Crippen molar-refractivity contribution < 1.29 is 9.90 Å². The van der Waals surface area contributed by atoms with Crippen LogP contribution in [0.5, 0.6) is 0 Å².